The Hall–Kier alpha value is -2.72. The predicted molar refractivity (Wildman–Crippen MR) is 122 cm³/mol. The third kappa shape index (κ3) is 4.10. The van der Waals surface area contributed by atoms with E-state index in [0.717, 1.165) is 33.3 Å². The molecule has 0 aromatic heterocycles. The van der Waals surface area contributed by atoms with Crippen LogP contribution in [0.5, 0.6) is 5.75 Å². The number of benzene rings is 3. The number of carbonyl (C=O) groups is 1. The van der Waals surface area contributed by atoms with Crippen molar-refractivity contribution in [2.75, 3.05) is 17.3 Å². The number of fused-ring (bicyclic) bond motifs is 3. The molecule has 1 aliphatic rings. The summed E-state index contributed by atoms with van der Waals surface area (Å²) in [6, 6.07) is 20.1. The van der Waals surface area contributed by atoms with Crippen LogP contribution in [-0.4, -0.2) is 24.1 Å². The molecule has 0 saturated carbocycles. The van der Waals surface area contributed by atoms with Gasteiger partial charge >= 0.3 is 6.09 Å². The largest absolute Gasteiger partial charge is 0.488 e. The fourth-order valence-corrected chi connectivity index (χ4v) is 4.14. The van der Waals surface area contributed by atoms with Gasteiger partial charge in [-0.3, -0.25) is 4.90 Å². The molecular weight excluding hydrogens is 398 g/mol. The van der Waals surface area contributed by atoms with Gasteiger partial charge in [0.2, 0.25) is 0 Å². The van der Waals surface area contributed by atoms with Crippen LogP contribution < -0.4 is 9.64 Å². The van der Waals surface area contributed by atoms with Crippen molar-refractivity contribution in [2.24, 2.45) is 0 Å². The number of ether oxygens (including phenoxy) is 2. The van der Waals surface area contributed by atoms with E-state index in [4.69, 9.17) is 21.1 Å². The van der Waals surface area contributed by atoms with Gasteiger partial charge in [0, 0.05) is 29.8 Å². The summed E-state index contributed by atoms with van der Waals surface area (Å²) in [4.78, 5) is 14.6. The molecule has 3 aromatic carbocycles. The highest BCUT2D eigenvalue weighted by Gasteiger charge is 2.36. The van der Waals surface area contributed by atoms with Crippen LogP contribution in [0.1, 0.15) is 37.8 Å². The van der Waals surface area contributed by atoms with E-state index in [2.05, 4.69) is 12.1 Å². The Labute approximate surface area is 182 Å². The van der Waals surface area contributed by atoms with Crippen molar-refractivity contribution < 1.29 is 14.3 Å². The van der Waals surface area contributed by atoms with Gasteiger partial charge in [-0.05, 0) is 37.3 Å². The third-order valence-corrected chi connectivity index (χ3v) is 5.54. The summed E-state index contributed by atoms with van der Waals surface area (Å²) in [5.41, 5.74) is 2.42. The minimum Gasteiger partial charge on any atom is -0.488 e. The molecule has 30 heavy (non-hydrogen) atoms. The number of halogens is 1. The van der Waals surface area contributed by atoms with Crippen LogP contribution in [0, 0.1) is 0 Å². The quantitative estimate of drug-likeness (QED) is 0.450. The molecule has 0 fully saturated rings. The molecule has 4 rings (SSSR count). The van der Waals surface area contributed by atoms with Gasteiger partial charge in [-0.15, -0.1) is 11.6 Å². The monoisotopic (exact) mass is 423 g/mol. The first-order valence-electron chi connectivity index (χ1n) is 10.2. The fraction of sp³-hybridized carbons (Fsp3) is 0.320. The van der Waals surface area contributed by atoms with Gasteiger partial charge in [0.25, 0.3) is 0 Å². The first kappa shape index (κ1) is 20.5. The molecule has 3 aromatic rings. The molecule has 1 aliphatic heterocycles. The van der Waals surface area contributed by atoms with Crippen LogP contribution in [0.25, 0.3) is 10.8 Å². The second-order valence-electron chi connectivity index (χ2n) is 8.57. The van der Waals surface area contributed by atoms with Crippen molar-refractivity contribution in [3.8, 4) is 5.75 Å². The second kappa shape index (κ2) is 8.19. The Bertz CT molecular complexity index is 1060. The van der Waals surface area contributed by atoms with E-state index < -0.39 is 5.60 Å². The maximum absolute atomic E-state index is 12.9. The summed E-state index contributed by atoms with van der Waals surface area (Å²) in [6.07, 6.45) is -0.361. The molecule has 1 amide bonds. The van der Waals surface area contributed by atoms with Crippen LogP contribution in [-0.2, 0) is 11.3 Å². The van der Waals surface area contributed by atoms with Crippen molar-refractivity contribution in [2.45, 2.75) is 38.9 Å². The van der Waals surface area contributed by atoms with E-state index >= 15 is 0 Å². The summed E-state index contributed by atoms with van der Waals surface area (Å²) < 4.78 is 11.9. The average molecular weight is 424 g/mol. The average Bonchev–Trinajstić information content (AvgIpc) is 3.10. The number of amides is 1. The summed E-state index contributed by atoms with van der Waals surface area (Å²) in [7, 11) is 0. The number of rotatable bonds is 4. The minimum atomic E-state index is -0.570. The molecule has 1 heterocycles. The Kier molecular flexibility index (Phi) is 5.61. The normalized spacial score (nSPS) is 15.9. The number of nitrogens with zero attached hydrogens (tertiary/aromatic N) is 1. The lowest BCUT2D eigenvalue weighted by Crippen LogP contribution is -2.36. The standard InChI is InChI=1S/C25H26ClNO3/c1-25(2,3)30-24(28)27-15-18(14-26)23-20-12-8-7-11-19(20)22(13-21(23)27)29-16-17-9-5-4-6-10-17/h4-13,18H,14-16H2,1-3H3/t18-/m1/s1. The van der Waals surface area contributed by atoms with Gasteiger partial charge in [-0.25, -0.2) is 4.79 Å². The van der Waals surface area contributed by atoms with E-state index in [1.165, 1.54) is 0 Å². The van der Waals surface area contributed by atoms with Crippen LogP contribution in [0.4, 0.5) is 10.5 Å². The summed E-state index contributed by atoms with van der Waals surface area (Å²) >= 11 is 6.31. The maximum atomic E-state index is 12.9. The molecular formula is C25H26ClNO3. The molecule has 4 nitrogen and oxygen atoms in total. The Morgan fingerprint density at radius 1 is 1.07 bits per heavy atom. The Morgan fingerprint density at radius 3 is 2.40 bits per heavy atom. The SMILES string of the molecule is CC(C)(C)OC(=O)N1C[C@@H](CCl)c2c1cc(OCc1ccccc1)c1ccccc21. The topological polar surface area (TPSA) is 38.8 Å². The van der Waals surface area contributed by atoms with E-state index in [9.17, 15) is 4.79 Å². The first-order valence-corrected chi connectivity index (χ1v) is 10.7. The van der Waals surface area contributed by atoms with E-state index in [-0.39, 0.29) is 12.0 Å². The number of hydrogen-bond acceptors (Lipinski definition) is 3. The second-order valence-corrected chi connectivity index (χ2v) is 8.88. The fourth-order valence-electron chi connectivity index (χ4n) is 3.88. The molecule has 0 radical (unpaired) electrons. The smallest absolute Gasteiger partial charge is 0.414 e. The molecule has 0 bridgehead atoms. The van der Waals surface area contributed by atoms with Crippen molar-refractivity contribution in [3.63, 3.8) is 0 Å². The van der Waals surface area contributed by atoms with Crippen LogP contribution >= 0.6 is 11.6 Å². The van der Waals surface area contributed by atoms with Crippen LogP contribution in [0.2, 0.25) is 0 Å². The molecule has 0 aliphatic carbocycles. The highest BCUT2D eigenvalue weighted by molar-refractivity contribution is 6.19. The van der Waals surface area contributed by atoms with Crippen LogP contribution in [0.3, 0.4) is 0 Å². The zero-order valence-corrected chi connectivity index (χ0v) is 18.3. The Balaban J connectivity index is 1.77. The number of alkyl halides is 1. The molecule has 0 unspecified atom stereocenters. The van der Waals surface area contributed by atoms with Crippen molar-refractivity contribution in [1.29, 1.82) is 0 Å². The Morgan fingerprint density at radius 2 is 1.73 bits per heavy atom. The molecule has 0 saturated heterocycles. The summed E-state index contributed by atoms with van der Waals surface area (Å²) in [5.74, 6) is 1.22. The molecule has 0 spiro atoms. The zero-order chi connectivity index (χ0) is 21.3. The van der Waals surface area contributed by atoms with Crippen LogP contribution in [0.15, 0.2) is 60.7 Å². The van der Waals surface area contributed by atoms with Gasteiger partial charge in [0.15, 0.2) is 0 Å². The third-order valence-electron chi connectivity index (χ3n) is 5.17. The molecule has 1 atom stereocenters. The zero-order valence-electron chi connectivity index (χ0n) is 17.5. The van der Waals surface area contributed by atoms with Gasteiger partial charge in [0.05, 0.1) is 5.69 Å². The molecule has 156 valence electrons. The van der Waals surface area contributed by atoms with Crippen molar-refractivity contribution in [3.05, 3.63) is 71.8 Å². The summed E-state index contributed by atoms with van der Waals surface area (Å²) in [5, 5.41) is 2.09. The van der Waals surface area contributed by atoms with Gasteiger partial charge in [0.1, 0.15) is 18.0 Å². The number of hydrogen-bond donors (Lipinski definition) is 0. The van der Waals surface area contributed by atoms with Gasteiger partial charge in [-0.1, -0.05) is 54.6 Å². The first-order chi connectivity index (χ1) is 14.4. The molecule has 5 heteroatoms. The number of anilines is 1. The van der Waals surface area contributed by atoms with E-state index in [1.807, 2.05) is 69.3 Å². The lowest BCUT2D eigenvalue weighted by atomic mass is 9.95. The minimum absolute atomic E-state index is 0.0438. The lowest BCUT2D eigenvalue weighted by molar-refractivity contribution is 0.0582. The highest BCUT2D eigenvalue weighted by Crippen LogP contribution is 2.46. The lowest BCUT2D eigenvalue weighted by Gasteiger charge is -2.25. The predicted octanol–water partition coefficient (Wildman–Crippen LogP) is 6.50. The van der Waals surface area contributed by atoms with E-state index in [1.54, 1.807) is 4.90 Å². The van der Waals surface area contributed by atoms with Gasteiger partial charge in [-0.2, -0.15) is 0 Å². The van der Waals surface area contributed by atoms with E-state index in [0.29, 0.717) is 19.0 Å². The van der Waals surface area contributed by atoms with Gasteiger partial charge < -0.3 is 9.47 Å². The van der Waals surface area contributed by atoms with Crippen molar-refractivity contribution >= 4 is 34.2 Å². The summed E-state index contributed by atoms with van der Waals surface area (Å²) in [6.45, 7) is 6.57. The van der Waals surface area contributed by atoms with Crippen molar-refractivity contribution in [1.82, 2.24) is 0 Å². The maximum Gasteiger partial charge on any atom is 0.414 e. The number of carbonyl (C=O) groups excluding carboxylic acids is 1. The highest BCUT2D eigenvalue weighted by atomic mass is 35.5. The molecule has 0 N–H and O–H groups in total.